The number of sulfonamides is 1. The molecule has 0 aliphatic carbocycles. The van der Waals surface area contributed by atoms with Crippen LogP contribution in [0.2, 0.25) is 0 Å². The Balaban J connectivity index is 1.75. The molecule has 6 nitrogen and oxygen atoms in total. The zero-order chi connectivity index (χ0) is 18.3. The van der Waals surface area contributed by atoms with Gasteiger partial charge in [-0.05, 0) is 57.0 Å². The summed E-state index contributed by atoms with van der Waals surface area (Å²) in [5.41, 5.74) is 0.961. The average molecular weight is 368 g/mol. The molecule has 140 valence electrons. The Morgan fingerprint density at radius 2 is 1.84 bits per heavy atom. The van der Waals surface area contributed by atoms with Gasteiger partial charge in [-0.1, -0.05) is 19.1 Å². The Labute approximate surface area is 151 Å². The zero-order valence-corrected chi connectivity index (χ0v) is 15.9. The van der Waals surface area contributed by atoms with Gasteiger partial charge in [-0.2, -0.15) is 0 Å². The van der Waals surface area contributed by atoms with E-state index in [1.54, 1.807) is 24.3 Å². The van der Waals surface area contributed by atoms with E-state index in [-0.39, 0.29) is 16.8 Å². The number of amides is 1. The van der Waals surface area contributed by atoms with E-state index >= 15 is 0 Å². The third-order valence-corrected chi connectivity index (χ3v) is 6.07. The molecule has 0 spiro atoms. The fraction of sp³-hybridized carbons (Fsp3) is 0.611. The number of aryl methyl sites for hydroxylation is 1. The third kappa shape index (κ3) is 6.09. The second kappa shape index (κ2) is 9.31. The summed E-state index contributed by atoms with van der Waals surface area (Å²) in [6, 6.07) is 6.95. The number of rotatable bonds is 8. The molecule has 1 fully saturated rings. The van der Waals surface area contributed by atoms with Gasteiger partial charge in [-0.25, -0.2) is 13.1 Å². The van der Waals surface area contributed by atoms with Gasteiger partial charge in [0.2, 0.25) is 15.9 Å². The Morgan fingerprint density at radius 1 is 1.20 bits per heavy atom. The van der Waals surface area contributed by atoms with Crippen molar-refractivity contribution in [3.63, 3.8) is 0 Å². The first kappa shape index (κ1) is 19.9. The maximum Gasteiger partial charge on any atom is 0.240 e. The summed E-state index contributed by atoms with van der Waals surface area (Å²) >= 11 is 0. The summed E-state index contributed by atoms with van der Waals surface area (Å²) in [7, 11) is -2.02. The molecule has 1 aromatic rings. The van der Waals surface area contributed by atoms with Gasteiger partial charge < -0.3 is 10.2 Å². The van der Waals surface area contributed by atoms with Gasteiger partial charge in [-0.15, -0.1) is 0 Å². The lowest BCUT2D eigenvalue weighted by molar-refractivity contribution is -0.122. The maximum atomic E-state index is 12.1. The Hall–Kier alpha value is -1.44. The summed E-state index contributed by atoms with van der Waals surface area (Å²) in [4.78, 5) is 14.8. The van der Waals surface area contributed by atoms with Gasteiger partial charge in [0.05, 0.1) is 4.90 Å². The molecular weight excluding hydrogens is 338 g/mol. The Morgan fingerprint density at radius 3 is 2.40 bits per heavy atom. The lowest BCUT2D eigenvalue weighted by Crippen LogP contribution is -2.44. The van der Waals surface area contributed by atoms with Gasteiger partial charge in [0.1, 0.15) is 0 Å². The smallest absolute Gasteiger partial charge is 0.240 e. The highest BCUT2D eigenvalue weighted by atomic mass is 32.2. The normalized spacial score (nSPS) is 16.7. The summed E-state index contributed by atoms with van der Waals surface area (Å²) in [5, 5.41) is 3.13. The molecule has 1 aliphatic heterocycles. The standard InChI is InChI=1S/C18H29N3O3S/c1-3-12-21-13-10-16(11-14-21)20-18(22)9-6-15-4-7-17(8-5-15)25(23,24)19-2/h4-5,7-8,16,19H,3,6,9-14H2,1-2H3,(H,20,22). The monoisotopic (exact) mass is 367 g/mol. The third-order valence-electron chi connectivity index (χ3n) is 4.64. The minimum absolute atomic E-state index is 0.0702. The first-order valence-electron chi connectivity index (χ1n) is 8.99. The fourth-order valence-corrected chi connectivity index (χ4v) is 3.86. The number of hydrogen-bond acceptors (Lipinski definition) is 4. The quantitative estimate of drug-likeness (QED) is 0.730. The van der Waals surface area contributed by atoms with Crippen LogP contribution in [0.15, 0.2) is 29.2 Å². The molecule has 2 rings (SSSR count). The minimum Gasteiger partial charge on any atom is -0.353 e. The Kier molecular flexibility index (Phi) is 7.40. The van der Waals surface area contributed by atoms with E-state index in [2.05, 4.69) is 21.9 Å². The molecule has 0 bridgehead atoms. The first-order chi connectivity index (χ1) is 11.9. The molecular formula is C18H29N3O3S. The summed E-state index contributed by atoms with van der Waals surface area (Å²) < 4.78 is 25.7. The van der Waals surface area contributed by atoms with Gasteiger partial charge in [0.15, 0.2) is 0 Å². The SMILES string of the molecule is CCCN1CCC(NC(=O)CCc2ccc(S(=O)(=O)NC)cc2)CC1. The van der Waals surface area contributed by atoms with Crippen molar-refractivity contribution in [2.24, 2.45) is 0 Å². The van der Waals surface area contributed by atoms with Crippen LogP contribution >= 0.6 is 0 Å². The van der Waals surface area contributed by atoms with Crippen molar-refractivity contribution < 1.29 is 13.2 Å². The van der Waals surface area contributed by atoms with Crippen LogP contribution in [0.3, 0.4) is 0 Å². The second-order valence-electron chi connectivity index (χ2n) is 6.53. The molecule has 1 aromatic carbocycles. The summed E-state index contributed by atoms with van der Waals surface area (Å²) in [5.74, 6) is 0.0702. The predicted octanol–water partition coefficient (Wildman–Crippen LogP) is 1.52. The van der Waals surface area contributed by atoms with Crippen molar-refractivity contribution in [1.82, 2.24) is 14.9 Å². The molecule has 0 saturated carbocycles. The maximum absolute atomic E-state index is 12.1. The van der Waals surface area contributed by atoms with Gasteiger partial charge >= 0.3 is 0 Å². The average Bonchev–Trinajstić information content (AvgIpc) is 2.62. The summed E-state index contributed by atoms with van der Waals surface area (Å²) in [6.07, 6.45) is 4.24. The van der Waals surface area contributed by atoms with E-state index in [9.17, 15) is 13.2 Å². The van der Waals surface area contributed by atoms with Gasteiger partial charge in [-0.3, -0.25) is 4.79 Å². The van der Waals surface area contributed by atoms with E-state index in [1.807, 2.05) is 0 Å². The Bertz CT molecular complexity index is 651. The molecule has 0 atom stereocenters. The van der Waals surface area contributed by atoms with Crippen molar-refractivity contribution in [3.8, 4) is 0 Å². The topological polar surface area (TPSA) is 78.5 Å². The number of likely N-dealkylation sites (tertiary alicyclic amines) is 1. The number of piperidine rings is 1. The van der Waals surface area contributed by atoms with Crippen LogP contribution in [0.25, 0.3) is 0 Å². The molecule has 0 radical (unpaired) electrons. The lowest BCUT2D eigenvalue weighted by Gasteiger charge is -2.32. The second-order valence-corrected chi connectivity index (χ2v) is 8.42. The van der Waals surface area contributed by atoms with Crippen LogP contribution in [0.5, 0.6) is 0 Å². The van der Waals surface area contributed by atoms with Crippen LogP contribution in [0.1, 0.15) is 38.2 Å². The highest BCUT2D eigenvalue weighted by Crippen LogP contribution is 2.13. The summed E-state index contributed by atoms with van der Waals surface area (Å²) in [6.45, 7) is 5.44. The molecule has 25 heavy (non-hydrogen) atoms. The van der Waals surface area contributed by atoms with Gasteiger partial charge in [0.25, 0.3) is 0 Å². The largest absolute Gasteiger partial charge is 0.353 e. The minimum atomic E-state index is -3.41. The van der Waals surface area contributed by atoms with Crippen LogP contribution in [0.4, 0.5) is 0 Å². The number of hydrogen-bond donors (Lipinski definition) is 2. The van der Waals surface area contributed by atoms with E-state index in [0.717, 1.165) is 38.0 Å². The zero-order valence-electron chi connectivity index (χ0n) is 15.1. The number of benzene rings is 1. The van der Waals surface area contributed by atoms with Crippen LogP contribution < -0.4 is 10.0 Å². The molecule has 7 heteroatoms. The van der Waals surface area contributed by atoms with Crippen molar-refractivity contribution in [1.29, 1.82) is 0 Å². The molecule has 0 aromatic heterocycles. The van der Waals surface area contributed by atoms with Crippen molar-refractivity contribution >= 4 is 15.9 Å². The van der Waals surface area contributed by atoms with Crippen molar-refractivity contribution in [2.45, 2.75) is 50.0 Å². The molecule has 1 saturated heterocycles. The highest BCUT2D eigenvalue weighted by molar-refractivity contribution is 7.89. The predicted molar refractivity (Wildman–Crippen MR) is 98.9 cm³/mol. The van der Waals surface area contributed by atoms with Crippen molar-refractivity contribution in [3.05, 3.63) is 29.8 Å². The lowest BCUT2D eigenvalue weighted by atomic mass is 10.0. The van der Waals surface area contributed by atoms with Crippen LogP contribution in [-0.4, -0.2) is 51.9 Å². The molecule has 0 unspecified atom stereocenters. The number of carbonyl (C=O) groups excluding carboxylic acids is 1. The number of nitrogens with zero attached hydrogens (tertiary/aromatic N) is 1. The number of carbonyl (C=O) groups is 1. The first-order valence-corrected chi connectivity index (χ1v) is 10.5. The van der Waals surface area contributed by atoms with E-state index in [4.69, 9.17) is 0 Å². The molecule has 2 N–H and O–H groups in total. The molecule has 1 aliphatic rings. The van der Waals surface area contributed by atoms with Crippen molar-refractivity contribution in [2.75, 3.05) is 26.7 Å². The van der Waals surface area contributed by atoms with E-state index in [0.29, 0.717) is 12.8 Å². The van der Waals surface area contributed by atoms with Crippen LogP contribution in [-0.2, 0) is 21.2 Å². The van der Waals surface area contributed by atoms with Crippen LogP contribution in [0, 0.1) is 0 Å². The molecule has 1 amide bonds. The molecule has 1 heterocycles. The van der Waals surface area contributed by atoms with E-state index in [1.165, 1.54) is 13.5 Å². The van der Waals surface area contributed by atoms with E-state index < -0.39 is 10.0 Å². The fourth-order valence-electron chi connectivity index (χ4n) is 3.13. The highest BCUT2D eigenvalue weighted by Gasteiger charge is 2.19. The number of nitrogens with one attached hydrogen (secondary N) is 2. The van der Waals surface area contributed by atoms with Gasteiger partial charge in [0, 0.05) is 25.6 Å².